The van der Waals surface area contributed by atoms with Gasteiger partial charge in [0, 0.05) is 12.7 Å². The van der Waals surface area contributed by atoms with Crippen LogP contribution in [0, 0.1) is 16.0 Å². The first-order chi connectivity index (χ1) is 7.93. The van der Waals surface area contributed by atoms with Crippen LogP contribution in [0.3, 0.4) is 0 Å². The number of aromatic nitrogens is 1. The molecule has 0 bridgehead atoms. The third-order valence-corrected chi connectivity index (χ3v) is 2.25. The lowest BCUT2D eigenvalue weighted by Gasteiger charge is -2.07. The lowest BCUT2D eigenvalue weighted by atomic mass is 10.2. The summed E-state index contributed by atoms with van der Waals surface area (Å²) >= 11 is 5.60. The summed E-state index contributed by atoms with van der Waals surface area (Å²) in [5, 5.41) is 13.1. The van der Waals surface area contributed by atoms with E-state index in [4.69, 9.17) is 11.6 Å². The van der Waals surface area contributed by atoms with Gasteiger partial charge in [-0.2, -0.15) is 0 Å². The normalized spacial score (nSPS) is 10.4. The van der Waals surface area contributed by atoms with E-state index in [-0.39, 0.29) is 16.6 Å². The van der Waals surface area contributed by atoms with Gasteiger partial charge in [0.05, 0.1) is 4.92 Å². The molecule has 0 saturated carbocycles. The van der Waals surface area contributed by atoms with Crippen molar-refractivity contribution in [2.24, 2.45) is 5.92 Å². The van der Waals surface area contributed by atoms with Crippen molar-refractivity contribution < 1.29 is 9.72 Å². The fourth-order valence-electron chi connectivity index (χ4n) is 1.18. The van der Waals surface area contributed by atoms with Crippen molar-refractivity contribution >= 4 is 23.2 Å². The number of halogens is 1. The van der Waals surface area contributed by atoms with Crippen LogP contribution in [0.4, 0.5) is 5.69 Å². The first-order valence-corrected chi connectivity index (χ1v) is 5.38. The minimum atomic E-state index is -0.709. The molecule has 1 heterocycles. The predicted molar refractivity (Wildman–Crippen MR) is 63.1 cm³/mol. The first-order valence-electron chi connectivity index (χ1n) is 5.00. The average molecular weight is 258 g/mol. The molecule has 0 spiro atoms. The molecule has 0 saturated heterocycles. The van der Waals surface area contributed by atoms with Gasteiger partial charge in [-0.15, -0.1) is 0 Å². The minimum Gasteiger partial charge on any atom is -0.352 e. The summed E-state index contributed by atoms with van der Waals surface area (Å²) in [5.74, 6) is -0.259. The average Bonchev–Trinajstić information content (AvgIpc) is 2.24. The van der Waals surface area contributed by atoms with Gasteiger partial charge in [0.15, 0.2) is 0 Å². The lowest BCUT2D eigenvalue weighted by Crippen LogP contribution is -2.28. The molecule has 0 fully saturated rings. The molecule has 1 aromatic heterocycles. The van der Waals surface area contributed by atoms with Crippen molar-refractivity contribution in [2.75, 3.05) is 6.54 Å². The number of nitrogens with zero attached hydrogens (tertiary/aromatic N) is 2. The fraction of sp³-hybridized carbons (Fsp3) is 0.400. The maximum atomic E-state index is 11.7. The quantitative estimate of drug-likeness (QED) is 0.508. The standard InChI is InChI=1S/C10H12ClN3O3/c1-6(2)5-13-10(15)7-3-4-12-9(11)8(7)14(16)17/h3-4,6H,5H2,1-2H3,(H,13,15). The molecule has 1 aromatic rings. The highest BCUT2D eigenvalue weighted by atomic mass is 35.5. The van der Waals surface area contributed by atoms with Crippen molar-refractivity contribution in [1.29, 1.82) is 0 Å². The zero-order valence-corrected chi connectivity index (χ0v) is 10.2. The van der Waals surface area contributed by atoms with Gasteiger partial charge in [0.1, 0.15) is 5.56 Å². The van der Waals surface area contributed by atoms with E-state index in [1.54, 1.807) is 0 Å². The number of hydrogen-bond donors (Lipinski definition) is 1. The molecular formula is C10H12ClN3O3. The number of nitro groups is 1. The minimum absolute atomic E-state index is 0.0735. The zero-order valence-electron chi connectivity index (χ0n) is 9.44. The van der Waals surface area contributed by atoms with E-state index in [2.05, 4.69) is 10.3 Å². The van der Waals surface area contributed by atoms with Gasteiger partial charge in [0.2, 0.25) is 5.15 Å². The molecule has 0 aliphatic heterocycles. The largest absolute Gasteiger partial charge is 0.352 e. The molecule has 1 N–H and O–H groups in total. The molecule has 0 atom stereocenters. The van der Waals surface area contributed by atoms with Crippen molar-refractivity contribution in [2.45, 2.75) is 13.8 Å². The molecule has 7 heteroatoms. The Morgan fingerprint density at radius 1 is 1.65 bits per heavy atom. The van der Waals surface area contributed by atoms with Crippen molar-refractivity contribution in [3.05, 3.63) is 33.1 Å². The van der Waals surface area contributed by atoms with Crippen LogP contribution in [0.2, 0.25) is 5.15 Å². The molecule has 17 heavy (non-hydrogen) atoms. The molecule has 1 rings (SSSR count). The Morgan fingerprint density at radius 3 is 2.82 bits per heavy atom. The Balaban J connectivity index is 3.01. The summed E-state index contributed by atoms with van der Waals surface area (Å²) in [7, 11) is 0. The van der Waals surface area contributed by atoms with Crippen LogP contribution < -0.4 is 5.32 Å². The molecular weight excluding hydrogens is 246 g/mol. The third-order valence-electron chi connectivity index (χ3n) is 1.98. The Morgan fingerprint density at radius 2 is 2.29 bits per heavy atom. The van der Waals surface area contributed by atoms with Crippen molar-refractivity contribution in [3.8, 4) is 0 Å². The number of rotatable bonds is 4. The van der Waals surface area contributed by atoms with E-state index in [1.807, 2.05) is 13.8 Å². The second kappa shape index (κ2) is 5.58. The highest BCUT2D eigenvalue weighted by Crippen LogP contribution is 2.25. The predicted octanol–water partition coefficient (Wildman–Crippen LogP) is 2.03. The molecule has 0 aliphatic rings. The van der Waals surface area contributed by atoms with Crippen LogP contribution in [0.5, 0.6) is 0 Å². The highest BCUT2D eigenvalue weighted by molar-refractivity contribution is 6.32. The summed E-state index contributed by atoms with van der Waals surface area (Å²) in [4.78, 5) is 25.4. The van der Waals surface area contributed by atoms with Gasteiger partial charge >= 0.3 is 5.69 Å². The summed E-state index contributed by atoms with van der Waals surface area (Å²) < 4.78 is 0. The van der Waals surface area contributed by atoms with Gasteiger partial charge < -0.3 is 5.32 Å². The second-order valence-corrected chi connectivity index (χ2v) is 4.22. The van der Waals surface area contributed by atoms with Crippen LogP contribution in [-0.2, 0) is 0 Å². The van der Waals surface area contributed by atoms with Gasteiger partial charge in [-0.05, 0) is 12.0 Å². The third kappa shape index (κ3) is 3.39. The van der Waals surface area contributed by atoms with Crippen LogP contribution in [0.1, 0.15) is 24.2 Å². The molecule has 0 aromatic carbocycles. The monoisotopic (exact) mass is 257 g/mol. The summed E-state index contributed by atoms with van der Waals surface area (Å²) in [6, 6.07) is 1.28. The topological polar surface area (TPSA) is 85.1 Å². The van der Waals surface area contributed by atoms with Crippen LogP contribution in [0.25, 0.3) is 0 Å². The van der Waals surface area contributed by atoms with Crippen molar-refractivity contribution in [3.63, 3.8) is 0 Å². The summed E-state index contributed by atoms with van der Waals surface area (Å²) in [5.41, 5.74) is -0.536. The summed E-state index contributed by atoms with van der Waals surface area (Å²) in [6.45, 7) is 4.29. The highest BCUT2D eigenvalue weighted by Gasteiger charge is 2.24. The Hall–Kier alpha value is -1.69. The van der Waals surface area contributed by atoms with Gasteiger partial charge in [0.25, 0.3) is 5.91 Å². The number of hydrogen-bond acceptors (Lipinski definition) is 4. The molecule has 0 aliphatic carbocycles. The Bertz CT molecular complexity index is 448. The second-order valence-electron chi connectivity index (χ2n) is 3.86. The van der Waals surface area contributed by atoms with E-state index in [9.17, 15) is 14.9 Å². The van der Waals surface area contributed by atoms with E-state index in [0.29, 0.717) is 6.54 Å². The number of nitrogens with one attached hydrogen (secondary N) is 1. The SMILES string of the molecule is CC(C)CNC(=O)c1ccnc(Cl)c1[N+](=O)[O-]. The molecule has 0 radical (unpaired) electrons. The zero-order chi connectivity index (χ0) is 13.0. The Kier molecular flexibility index (Phi) is 4.39. The van der Waals surface area contributed by atoms with Crippen LogP contribution >= 0.6 is 11.6 Å². The van der Waals surface area contributed by atoms with Gasteiger partial charge in [-0.1, -0.05) is 25.4 Å². The molecule has 6 nitrogen and oxygen atoms in total. The van der Waals surface area contributed by atoms with Gasteiger partial charge in [-0.3, -0.25) is 14.9 Å². The maximum absolute atomic E-state index is 11.7. The van der Waals surface area contributed by atoms with Crippen LogP contribution in [0.15, 0.2) is 12.3 Å². The number of amides is 1. The van der Waals surface area contributed by atoms with E-state index in [0.717, 1.165) is 0 Å². The maximum Gasteiger partial charge on any atom is 0.319 e. The number of carbonyl (C=O) groups excluding carboxylic acids is 1. The smallest absolute Gasteiger partial charge is 0.319 e. The lowest BCUT2D eigenvalue weighted by molar-refractivity contribution is -0.385. The van der Waals surface area contributed by atoms with Gasteiger partial charge in [-0.25, -0.2) is 4.98 Å². The molecule has 0 unspecified atom stereocenters. The summed E-state index contributed by atoms with van der Waals surface area (Å²) in [6.07, 6.45) is 1.26. The number of pyridine rings is 1. The molecule has 1 amide bonds. The van der Waals surface area contributed by atoms with E-state index in [1.165, 1.54) is 12.3 Å². The van der Waals surface area contributed by atoms with Crippen LogP contribution in [-0.4, -0.2) is 22.4 Å². The van der Waals surface area contributed by atoms with E-state index >= 15 is 0 Å². The fourth-order valence-corrected chi connectivity index (χ4v) is 1.40. The van der Waals surface area contributed by atoms with E-state index < -0.39 is 16.5 Å². The molecule has 92 valence electrons. The first kappa shape index (κ1) is 13.4. The van der Waals surface area contributed by atoms with Crippen molar-refractivity contribution in [1.82, 2.24) is 10.3 Å². The number of carbonyl (C=O) groups is 1. The Labute approximate surface area is 103 Å².